The molecule has 1 amide bonds. The van der Waals surface area contributed by atoms with Gasteiger partial charge >= 0.3 is 0 Å². The molecule has 1 aromatic rings. The highest BCUT2D eigenvalue weighted by Crippen LogP contribution is 2.37. The van der Waals surface area contributed by atoms with Gasteiger partial charge in [0, 0.05) is 12.5 Å². The van der Waals surface area contributed by atoms with Crippen molar-refractivity contribution in [3.63, 3.8) is 0 Å². The predicted octanol–water partition coefficient (Wildman–Crippen LogP) is 1.46. The Morgan fingerprint density at radius 2 is 2.38 bits per heavy atom. The first-order chi connectivity index (χ1) is 7.70. The van der Waals surface area contributed by atoms with Crippen molar-refractivity contribution in [2.45, 2.75) is 39.0 Å². The van der Waals surface area contributed by atoms with E-state index in [1.807, 2.05) is 0 Å². The average molecular weight is 222 g/mol. The first-order valence-electron chi connectivity index (χ1n) is 5.91. The quantitative estimate of drug-likeness (QED) is 0.792. The first kappa shape index (κ1) is 11.1. The van der Waals surface area contributed by atoms with E-state index < -0.39 is 0 Å². The number of rotatable bonds is 5. The summed E-state index contributed by atoms with van der Waals surface area (Å²) in [5.74, 6) is 1.94. The number of carbonyl (C=O) groups excluding carboxylic acids is 1. The van der Waals surface area contributed by atoms with E-state index in [-0.39, 0.29) is 11.7 Å². The fourth-order valence-electron chi connectivity index (χ4n) is 1.41. The van der Waals surface area contributed by atoms with Crippen molar-refractivity contribution in [3.8, 4) is 0 Å². The number of aromatic amines is 1. The molecular formula is C11H18N4O. The van der Waals surface area contributed by atoms with Crippen molar-refractivity contribution in [1.29, 1.82) is 0 Å². The zero-order chi connectivity index (χ0) is 11.5. The van der Waals surface area contributed by atoms with E-state index in [2.05, 4.69) is 34.3 Å². The molecule has 1 atom stereocenters. The molecule has 1 aromatic heterocycles. The highest BCUT2D eigenvalue weighted by atomic mass is 16.2. The van der Waals surface area contributed by atoms with Gasteiger partial charge in [0.2, 0.25) is 5.82 Å². The molecule has 1 aliphatic rings. The average Bonchev–Trinajstić information content (AvgIpc) is 3.03. The molecule has 0 aromatic carbocycles. The molecule has 2 N–H and O–H groups in total. The maximum Gasteiger partial charge on any atom is 0.290 e. The van der Waals surface area contributed by atoms with E-state index in [1.165, 1.54) is 0 Å². The predicted molar refractivity (Wildman–Crippen MR) is 60.1 cm³/mol. The lowest BCUT2D eigenvalue weighted by Gasteiger charge is -2.07. The van der Waals surface area contributed by atoms with Crippen LogP contribution in [-0.2, 0) is 0 Å². The summed E-state index contributed by atoms with van der Waals surface area (Å²) in [7, 11) is 0. The van der Waals surface area contributed by atoms with Gasteiger partial charge in [-0.05, 0) is 18.8 Å². The summed E-state index contributed by atoms with van der Waals surface area (Å²) in [6, 6.07) is 0. The number of nitrogens with zero attached hydrogens (tertiary/aromatic N) is 2. The SMILES string of the molecule is CCC(C)CNC(=O)c1n[nH]c(C2CC2)n1. The fourth-order valence-corrected chi connectivity index (χ4v) is 1.41. The van der Waals surface area contributed by atoms with Crippen LogP contribution in [0.2, 0.25) is 0 Å². The van der Waals surface area contributed by atoms with Crippen LogP contribution >= 0.6 is 0 Å². The molecule has 0 bridgehead atoms. The van der Waals surface area contributed by atoms with E-state index >= 15 is 0 Å². The summed E-state index contributed by atoms with van der Waals surface area (Å²) in [6.45, 7) is 4.89. The third-order valence-corrected chi connectivity index (χ3v) is 2.98. The van der Waals surface area contributed by atoms with Crippen molar-refractivity contribution in [3.05, 3.63) is 11.6 Å². The Morgan fingerprint density at radius 1 is 1.62 bits per heavy atom. The van der Waals surface area contributed by atoms with E-state index in [4.69, 9.17) is 0 Å². The second kappa shape index (κ2) is 4.63. The van der Waals surface area contributed by atoms with Crippen LogP contribution in [0.1, 0.15) is 55.5 Å². The second-order valence-electron chi connectivity index (χ2n) is 4.54. The lowest BCUT2D eigenvalue weighted by molar-refractivity contribution is 0.0938. The Kier molecular flexibility index (Phi) is 3.22. The highest BCUT2D eigenvalue weighted by Gasteiger charge is 2.28. The van der Waals surface area contributed by atoms with Crippen LogP contribution in [0.4, 0.5) is 0 Å². The maximum absolute atomic E-state index is 11.7. The minimum absolute atomic E-state index is 0.177. The summed E-state index contributed by atoms with van der Waals surface area (Å²) in [5, 5.41) is 9.60. The van der Waals surface area contributed by atoms with Gasteiger partial charge < -0.3 is 5.32 Å². The molecular weight excluding hydrogens is 204 g/mol. The second-order valence-corrected chi connectivity index (χ2v) is 4.54. The van der Waals surface area contributed by atoms with Crippen LogP contribution in [0.3, 0.4) is 0 Å². The Balaban J connectivity index is 1.87. The molecule has 88 valence electrons. The smallest absolute Gasteiger partial charge is 0.290 e. The van der Waals surface area contributed by atoms with Crippen molar-refractivity contribution >= 4 is 5.91 Å². The Labute approximate surface area is 95.0 Å². The largest absolute Gasteiger partial charge is 0.349 e. The summed E-state index contributed by atoms with van der Waals surface area (Å²) >= 11 is 0. The van der Waals surface area contributed by atoms with E-state index in [0.29, 0.717) is 18.4 Å². The van der Waals surface area contributed by atoms with E-state index in [0.717, 1.165) is 25.1 Å². The van der Waals surface area contributed by atoms with E-state index in [9.17, 15) is 4.79 Å². The highest BCUT2D eigenvalue weighted by molar-refractivity contribution is 5.90. The summed E-state index contributed by atoms with van der Waals surface area (Å²) in [5.41, 5.74) is 0. The molecule has 5 heteroatoms. The van der Waals surface area contributed by atoms with Gasteiger partial charge in [-0.15, -0.1) is 5.10 Å². The lowest BCUT2D eigenvalue weighted by atomic mass is 10.1. The summed E-state index contributed by atoms with van der Waals surface area (Å²) in [6.07, 6.45) is 3.37. The van der Waals surface area contributed by atoms with Gasteiger partial charge in [-0.1, -0.05) is 20.3 Å². The van der Waals surface area contributed by atoms with Crippen LogP contribution in [-0.4, -0.2) is 27.6 Å². The molecule has 0 saturated heterocycles. The number of nitrogens with one attached hydrogen (secondary N) is 2. The monoisotopic (exact) mass is 222 g/mol. The molecule has 1 fully saturated rings. The van der Waals surface area contributed by atoms with Crippen LogP contribution in [0.25, 0.3) is 0 Å². The number of amides is 1. The molecule has 0 radical (unpaired) electrons. The van der Waals surface area contributed by atoms with Crippen molar-refractivity contribution in [1.82, 2.24) is 20.5 Å². The number of hydrogen-bond donors (Lipinski definition) is 2. The van der Waals surface area contributed by atoms with Gasteiger partial charge in [0.05, 0.1) is 0 Å². The molecule has 16 heavy (non-hydrogen) atoms. The zero-order valence-corrected chi connectivity index (χ0v) is 9.79. The van der Waals surface area contributed by atoms with Crippen LogP contribution < -0.4 is 5.32 Å². The third kappa shape index (κ3) is 2.59. The van der Waals surface area contributed by atoms with E-state index in [1.54, 1.807) is 0 Å². The standard InChI is InChI=1S/C11H18N4O/c1-3-7(2)6-12-11(16)10-13-9(14-15-10)8-4-5-8/h7-8H,3-6H2,1-2H3,(H,12,16)(H,13,14,15). The molecule has 1 saturated carbocycles. The third-order valence-electron chi connectivity index (χ3n) is 2.98. The minimum Gasteiger partial charge on any atom is -0.349 e. The normalized spacial score (nSPS) is 17.1. The lowest BCUT2D eigenvalue weighted by Crippen LogP contribution is -2.28. The molecule has 2 rings (SSSR count). The number of carbonyl (C=O) groups is 1. The van der Waals surface area contributed by atoms with Crippen molar-refractivity contribution in [2.24, 2.45) is 5.92 Å². The molecule has 5 nitrogen and oxygen atoms in total. The molecule has 1 unspecified atom stereocenters. The molecule has 1 aliphatic carbocycles. The molecule has 1 heterocycles. The zero-order valence-electron chi connectivity index (χ0n) is 9.79. The Hall–Kier alpha value is -1.39. The summed E-state index contributed by atoms with van der Waals surface area (Å²) < 4.78 is 0. The minimum atomic E-state index is -0.177. The van der Waals surface area contributed by atoms with Crippen LogP contribution in [0.15, 0.2) is 0 Å². The van der Waals surface area contributed by atoms with Crippen LogP contribution in [0.5, 0.6) is 0 Å². The van der Waals surface area contributed by atoms with Gasteiger partial charge in [0.15, 0.2) is 0 Å². The Bertz CT molecular complexity index is 370. The molecule has 0 aliphatic heterocycles. The van der Waals surface area contributed by atoms with Crippen molar-refractivity contribution < 1.29 is 4.79 Å². The number of aromatic nitrogens is 3. The first-order valence-corrected chi connectivity index (χ1v) is 5.91. The Morgan fingerprint density at radius 3 is 3.00 bits per heavy atom. The number of hydrogen-bond acceptors (Lipinski definition) is 3. The topological polar surface area (TPSA) is 70.7 Å². The van der Waals surface area contributed by atoms with Gasteiger partial charge in [0.25, 0.3) is 5.91 Å². The molecule has 0 spiro atoms. The van der Waals surface area contributed by atoms with Crippen LogP contribution in [0, 0.1) is 5.92 Å². The van der Waals surface area contributed by atoms with Gasteiger partial charge in [-0.25, -0.2) is 4.98 Å². The van der Waals surface area contributed by atoms with Crippen molar-refractivity contribution in [2.75, 3.05) is 6.54 Å². The van der Waals surface area contributed by atoms with Gasteiger partial charge in [0.1, 0.15) is 5.82 Å². The number of H-pyrrole nitrogens is 1. The van der Waals surface area contributed by atoms with Gasteiger partial charge in [-0.2, -0.15) is 0 Å². The van der Waals surface area contributed by atoms with Gasteiger partial charge in [-0.3, -0.25) is 9.89 Å². The summed E-state index contributed by atoms with van der Waals surface area (Å²) in [4.78, 5) is 15.9. The fraction of sp³-hybridized carbons (Fsp3) is 0.727. The maximum atomic E-state index is 11.7.